The molecule has 2 aromatic rings. The molecule has 1 aliphatic heterocycles. The van der Waals surface area contributed by atoms with Gasteiger partial charge in [-0.1, -0.05) is 42.5 Å². The van der Waals surface area contributed by atoms with E-state index in [1.54, 1.807) is 12.1 Å². The van der Waals surface area contributed by atoms with Crippen molar-refractivity contribution in [3.05, 3.63) is 71.5 Å². The lowest BCUT2D eigenvalue weighted by Gasteiger charge is -2.37. The van der Waals surface area contributed by atoms with Crippen molar-refractivity contribution in [2.45, 2.75) is 18.9 Å². The standard InChI is InChI=1S/C19H20FNO2/c20-17-8-4-7-16(13-17)18(14-5-2-1-3-6-14)21-11-9-15(10-12-21)19(22)23/h1-8,13,15,18H,9-12H2,(H,22,23). The number of nitrogens with zero attached hydrogens (tertiary/aromatic N) is 1. The summed E-state index contributed by atoms with van der Waals surface area (Å²) in [6.45, 7) is 1.40. The molecule has 2 aromatic carbocycles. The Morgan fingerprint density at radius 1 is 1.04 bits per heavy atom. The summed E-state index contributed by atoms with van der Waals surface area (Å²) in [5, 5.41) is 9.17. The molecule has 1 saturated heterocycles. The number of carbonyl (C=O) groups is 1. The van der Waals surface area contributed by atoms with Crippen LogP contribution in [0.3, 0.4) is 0 Å². The third-order valence-electron chi connectivity index (χ3n) is 4.52. The van der Waals surface area contributed by atoms with Crippen molar-refractivity contribution in [3.8, 4) is 0 Å². The lowest BCUT2D eigenvalue weighted by atomic mass is 9.91. The molecule has 1 atom stereocenters. The van der Waals surface area contributed by atoms with E-state index in [1.165, 1.54) is 6.07 Å². The first-order valence-electron chi connectivity index (χ1n) is 7.92. The molecule has 0 amide bonds. The largest absolute Gasteiger partial charge is 0.481 e. The zero-order valence-corrected chi connectivity index (χ0v) is 12.9. The molecule has 1 fully saturated rings. The predicted molar refractivity (Wildman–Crippen MR) is 86.6 cm³/mol. The Hall–Kier alpha value is -2.20. The Kier molecular flexibility index (Phi) is 4.72. The molecular formula is C19H20FNO2. The maximum atomic E-state index is 13.7. The van der Waals surface area contributed by atoms with E-state index in [4.69, 9.17) is 5.11 Å². The van der Waals surface area contributed by atoms with Gasteiger partial charge in [0.15, 0.2) is 0 Å². The summed E-state index contributed by atoms with van der Waals surface area (Å²) in [5.74, 6) is -1.23. The topological polar surface area (TPSA) is 40.5 Å². The fourth-order valence-electron chi connectivity index (χ4n) is 3.33. The fourth-order valence-corrected chi connectivity index (χ4v) is 3.33. The first-order valence-corrected chi connectivity index (χ1v) is 7.92. The van der Waals surface area contributed by atoms with Crippen LogP contribution in [0.15, 0.2) is 54.6 Å². The zero-order chi connectivity index (χ0) is 16.2. The van der Waals surface area contributed by atoms with Gasteiger partial charge in [-0.15, -0.1) is 0 Å². The highest BCUT2D eigenvalue weighted by molar-refractivity contribution is 5.70. The van der Waals surface area contributed by atoms with Crippen molar-refractivity contribution < 1.29 is 14.3 Å². The third kappa shape index (κ3) is 3.59. The number of halogens is 1. The maximum absolute atomic E-state index is 13.7. The van der Waals surface area contributed by atoms with Crippen LogP contribution in [0.1, 0.15) is 30.0 Å². The van der Waals surface area contributed by atoms with Crippen molar-refractivity contribution in [2.24, 2.45) is 5.92 Å². The van der Waals surface area contributed by atoms with Gasteiger partial charge in [-0.2, -0.15) is 0 Å². The molecule has 120 valence electrons. The summed E-state index contributed by atoms with van der Waals surface area (Å²) in [7, 11) is 0. The number of hydrogen-bond acceptors (Lipinski definition) is 2. The van der Waals surface area contributed by atoms with E-state index in [1.807, 2.05) is 36.4 Å². The molecule has 0 aliphatic carbocycles. The van der Waals surface area contributed by atoms with Gasteiger partial charge in [-0.3, -0.25) is 9.69 Å². The highest BCUT2D eigenvalue weighted by Gasteiger charge is 2.30. The van der Waals surface area contributed by atoms with Crippen molar-refractivity contribution in [1.82, 2.24) is 4.90 Å². The average molecular weight is 313 g/mol. The number of piperidine rings is 1. The van der Waals surface area contributed by atoms with E-state index < -0.39 is 5.97 Å². The Labute approximate surface area is 135 Å². The van der Waals surface area contributed by atoms with E-state index in [9.17, 15) is 9.18 Å². The first-order chi connectivity index (χ1) is 11.1. The van der Waals surface area contributed by atoms with Gasteiger partial charge in [0.05, 0.1) is 12.0 Å². The van der Waals surface area contributed by atoms with Gasteiger partial charge in [0.2, 0.25) is 0 Å². The minimum atomic E-state index is -0.716. The van der Waals surface area contributed by atoms with Crippen LogP contribution in [0.25, 0.3) is 0 Å². The summed E-state index contributed by atoms with van der Waals surface area (Å²) in [6.07, 6.45) is 1.27. The molecule has 0 bridgehead atoms. The number of benzene rings is 2. The van der Waals surface area contributed by atoms with Crippen LogP contribution < -0.4 is 0 Å². The summed E-state index contributed by atoms with van der Waals surface area (Å²) < 4.78 is 13.7. The second-order valence-electron chi connectivity index (χ2n) is 6.02. The Balaban J connectivity index is 1.89. The van der Waals surface area contributed by atoms with E-state index >= 15 is 0 Å². The van der Waals surface area contributed by atoms with E-state index in [2.05, 4.69) is 4.90 Å². The minimum Gasteiger partial charge on any atom is -0.481 e. The Morgan fingerprint density at radius 3 is 2.30 bits per heavy atom. The van der Waals surface area contributed by atoms with Crippen molar-refractivity contribution in [1.29, 1.82) is 0 Å². The normalized spacial score (nSPS) is 17.8. The number of carboxylic acid groups (broad SMARTS) is 1. The highest BCUT2D eigenvalue weighted by atomic mass is 19.1. The van der Waals surface area contributed by atoms with Gasteiger partial charge in [0.25, 0.3) is 0 Å². The fraction of sp³-hybridized carbons (Fsp3) is 0.316. The van der Waals surface area contributed by atoms with Crippen LogP contribution in [0.2, 0.25) is 0 Å². The van der Waals surface area contributed by atoms with Crippen LogP contribution in [0.4, 0.5) is 4.39 Å². The summed E-state index contributed by atoms with van der Waals surface area (Å²) in [4.78, 5) is 13.4. The van der Waals surface area contributed by atoms with Gasteiger partial charge < -0.3 is 5.11 Å². The van der Waals surface area contributed by atoms with E-state index in [-0.39, 0.29) is 17.8 Å². The third-order valence-corrected chi connectivity index (χ3v) is 4.52. The van der Waals surface area contributed by atoms with E-state index in [0.29, 0.717) is 25.9 Å². The molecule has 0 radical (unpaired) electrons. The first kappa shape index (κ1) is 15.7. The van der Waals surface area contributed by atoms with Gasteiger partial charge in [0, 0.05) is 0 Å². The van der Waals surface area contributed by atoms with Crippen molar-refractivity contribution in [2.75, 3.05) is 13.1 Å². The monoisotopic (exact) mass is 313 g/mol. The van der Waals surface area contributed by atoms with Crippen LogP contribution >= 0.6 is 0 Å². The summed E-state index contributed by atoms with van der Waals surface area (Å²) in [6, 6.07) is 16.6. The van der Waals surface area contributed by atoms with Gasteiger partial charge in [-0.05, 0) is 49.2 Å². The Morgan fingerprint density at radius 2 is 1.70 bits per heavy atom. The van der Waals surface area contributed by atoms with Crippen molar-refractivity contribution >= 4 is 5.97 Å². The smallest absolute Gasteiger partial charge is 0.306 e. The molecule has 1 N–H and O–H groups in total. The van der Waals surface area contributed by atoms with Crippen LogP contribution in [-0.4, -0.2) is 29.1 Å². The second kappa shape index (κ2) is 6.92. The van der Waals surface area contributed by atoms with Crippen LogP contribution in [0.5, 0.6) is 0 Å². The van der Waals surface area contributed by atoms with Gasteiger partial charge in [-0.25, -0.2) is 4.39 Å². The number of carboxylic acids is 1. The lowest BCUT2D eigenvalue weighted by molar-refractivity contribution is -0.143. The van der Waals surface area contributed by atoms with Gasteiger partial charge in [0.1, 0.15) is 5.82 Å². The molecule has 0 aromatic heterocycles. The molecule has 0 saturated carbocycles. The quantitative estimate of drug-likeness (QED) is 0.935. The molecule has 3 rings (SSSR count). The molecule has 1 unspecified atom stereocenters. The molecule has 3 nitrogen and oxygen atoms in total. The van der Waals surface area contributed by atoms with Crippen LogP contribution in [0, 0.1) is 11.7 Å². The van der Waals surface area contributed by atoms with Gasteiger partial charge >= 0.3 is 5.97 Å². The maximum Gasteiger partial charge on any atom is 0.306 e. The average Bonchev–Trinajstić information content (AvgIpc) is 2.57. The lowest BCUT2D eigenvalue weighted by Crippen LogP contribution is -2.39. The molecule has 23 heavy (non-hydrogen) atoms. The second-order valence-corrected chi connectivity index (χ2v) is 6.02. The highest BCUT2D eigenvalue weighted by Crippen LogP contribution is 2.32. The molecule has 1 heterocycles. The number of likely N-dealkylation sites (tertiary alicyclic amines) is 1. The molecule has 0 spiro atoms. The number of aliphatic carboxylic acids is 1. The number of hydrogen-bond donors (Lipinski definition) is 1. The SMILES string of the molecule is O=C(O)C1CCN(C(c2ccccc2)c2cccc(F)c2)CC1. The molecular weight excluding hydrogens is 293 g/mol. The van der Waals surface area contributed by atoms with Crippen LogP contribution in [-0.2, 0) is 4.79 Å². The molecule has 1 aliphatic rings. The molecule has 4 heteroatoms. The van der Waals surface area contributed by atoms with E-state index in [0.717, 1.165) is 11.1 Å². The van der Waals surface area contributed by atoms with Crippen molar-refractivity contribution in [3.63, 3.8) is 0 Å². The minimum absolute atomic E-state index is 0.0401. The number of rotatable bonds is 4. The predicted octanol–water partition coefficient (Wildman–Crippen LogP) is 3.71. The zero-order valence-electron chi connectivity index (χ0n) is 12.9. The summed E-state index contributed by atoms with van der Waals surface area (Å²) >= 11 is 0. The summed E-state index contributed by atoms with van der Waals surface area (Å²) in [5.41, 5.74) is 2.01. The Bertz CT molecular complexity index is 666.